The zero-order valence-electron chi connectivity index (χ0n) is 12.8. The Morgan fingerprint density at radius 1 is 1.40 bits per heavy atom. The van der Waals surface area contributed by atoms with Gasteiger partial charge in [0, 0.05) is 36.8 Å². The lowest BCUT2D eigenvalue weighted by atomic mass is 9.79. The summed E-state index contributed by atoms with van der Waals surface area (Å²) in [5, 5.41) is 3.55. The first-order chi connectivity index (χ1) is 9.72. The molecule has 4 nitrogen and oxygen atoms in total. The summed E-state index contributed by atoms with van der Waals surface area (Å²) >= 11 is 0. The number of piperidine rings is 1. The summed E-state index contributed by atoms with van der Waals surface area (Å²) in [6.07, 6.45) is 8.24. The third kappa shape index (κ3) is 2.66. The molecule has 20 heavy (non-hydrogen) atoms. The van der Waals surface area contributed by atoms with Crippen molar-refractivity contribution in [3.8, 4) is 0 Å². The zero-order valence-corrected chi connectivity index (χ0v) is 12.8. The van der Waals surface area contributed by atoms with Gasteiger partial charge in [-0.2, -0.15) is 0 Å². The Morgan fingerprint density at radius 2 is 2.30 bits per heavy atom. The summed E-state index contributed by atoms with van der Waals surface area (Å²) in [5.74, 6) is 2.09. The number of hydrogen-bond acceptors (Lipinski definition) is 4. The topological polar surface area (TPSA) is 41.1 Å². The molecule has 1 aromatic rings. The number of rotatable bonds is 3. The second kappa shape index (κ2) is 5.68. The van der Waals surface area contributed by atoms with Gasteiger partial charge in [-0.25, -0.2) is 9.97 Å². The Labute approximate surface area is 122 Å². The van der Waals surface area contributed by atoms with Gasteiger partial charge >= 0.3 is 0 Å². The van der Waals surface area contributed by atoms with Crippen molar-refractivity contribution in [1.82, 2.24) is 15.3 Å². The smallest absolute Gasteiger partial charge is 0.135 e. The molecule has 110 valence electrons. The van der Waals surface area contributed by atoms with Gasteiger partial charge in [0.1, 0.15) is 11.6 Å². The molecule has 1 spiro atoms. The Hall–Kier alpha value is -1.16. The summed E-state index contributed by atoms with van der Waals surface area (Å²) in [6.45, 7) is 8.88. The molecule has 0 aromatic carbocycles. The minimum Gasteiger partial charge on any atom is -0.356 e. The molecule has 4 heteroatoms. The van der Waals surface area contributed by atoms with Crippen LogP contribution in [-0.4, -0.2) is 36.1 Å². The predicted octanol–water partition coefficient (Wildman–Crippen LogP) is 2.32. The van der Waals surface area contributed by atoms with Gasteiger partial charge in [0.25, 0.3) is 0 Å². The molecule has 1 atom stereocenters. The van der Waals surface area contributed by atoms with Gasteiger partial charge in [0.05, 0.1) is 0 Å². The second-order valence-corrected chi connectivity index (χ2v) is 6.47. The van der Waals surface area contributed by atoms with E-state index in [1.54, 1.807) is 0 Å². The molecule has 0 bridgehead atoms. The average Bonchev–Trinajstić information content (AvgIpc) is 2.89. The SMILES string of the molecule is CCCc1cnc(C)nc1N1CCCC2(CCNC2)C1. The average molecular weight is 274 g/mol. The minimum atomic E-state index is 0.487. The molecule has 3 heterocycles. The van der Waals surface area contributed by atoms with E-state index in [1.165, 1.54) is 43.7 Å². The van der Waals surface area contributed by atoms with Gasteiger partial charge in [-0.15, -0.1) is 0 Å². The highest BCUT2D eigenvalue weighted by Crippen LogP contribution is 2.37. The number of aryl methyl sites for hydroxylation is 2. The lowest BCUT2D eigenvalue weighted by molar-refractivity contribution is 0.259. The molecule has 0 aliphatic carbocycles. The van der Waals surface area contributed by atoms with E-state index in [1.807, 2.05) is 13.1 Å². The molecule has 2 fully saturated rings. The van der Waals surface area contributed by atoms with Crippen molar-refractivity contribution in [2.24, 2.45) is 5.41 Å². The Kier molecular flexibility index (Phi) is 3.92. The van der Waals surface area contributed by atoms with E-state index in [4.69, 9.17) is 4.98 Å². The van der Waals surface area contributed by atoms with E-state index in [0.717, 1.165) is 31.8 Å². The van der Waals surface area contributed by atoms with Gasteiger partial charge in [0.15, 0.2) is 0 Å². The molecule has 3 rings (SSSR count). The Balaban J connectivity index is 1.85. The lowest BCUT2D eigenvalue weighted by Gasteiger charge is -2.41. The molecule has 2 saturated heterocycles. The van der Waals surface area contributed by atoms with Crippen molar-refractivity contribution in [2.45, 2.75) is 46.0 Å². The first kappa shape index (κ1) is 13.8. The zero-order chi connectivity index (χ0) is 14.0. The van der Waals surface area contributed by atoms with Gasteiger partial charge in [-0.1, -0.05) is 13.3 Å². The molecule has 2 aliphatic rings. The summed E-state index contributed by atoms with van der Waals surface area (Å²) < 4.78 is 0. The third-order valence-electron chi connectivity index (χ3n) is 4.77. The molecule has 0 radical (unpaired) electrons. The highest BCUT2D eigenvalue weighted by molar-refractivity contribution is 5.47. The number of nitrogens with one attached hydrogen (secondary N) is 1. The van der Waals surface area contributed by atoms with Crippen LogP contribution in [0.5, 0.6) is 0 Å². The van der Waals surface area contributed by atoms with Crippen LogP contribution >= 0.6 is 0 Å². The fourth-order valence-corrected chi connectivity index (χ4v) is 3.74. The molecule has 1 N–H and O–H groups in total. The highest BCUT2D eigenvalue weighted by atomic mass is 15.2. The van der Waals surface area contributed by atoms with Crippen LogP contribution in [0.1, 0.15) is 44.0 Å². The molecular formula is C16H26N4. The molecule has 0 amide bonds. The first-order valence-electron chi connectivity index (χ1n) is 8.01. The van der Waals surface area contributed by atoms with Crippen molar-refractivity contribution in [2.75, 3.05) is 31.1 Å². The van der Waals surface area contributed by atoms with Crippen LogP contribution in [0.3, 0.4) is 0 Å². The van der Waals surface area contributed by atoms with Crippen molar-refractivity contribution in [3.63, 3.8) is 0 Å². The normalized spacial score (nSPS) is 26.4. The molecule has 1 aromatic heterocycles. The van der Waals surface area contributed by atoms with Gasteiger partial charge < -0.3 is 10.2 Å². The Morgan fingerprint density at radius 3 is 3.05 bits per heavy atom. The maximum atomic E-state index is 4.76. The first-order valence-corrected chi connectivity index (χ1v) is 8.01. The summed E-state index contributed by atoms with van der Waals surface area (Å²) in [4.78, 5) is 11.7. The van der Waals surface area contributed by atoms with Gasteiger partial charge in [0.2, 0.25) is 0 Å². The van der Waals surface area contributed by atoms with Crippen LogP contribution in [0.4, 0.5) is 5.82 Å². The van der Waals surface area contributed by atoms with E-state index in [0.29, 0.717) is 5.41 Å². The van der Waals surface area contributed by atoms with E-state index >= 15 is 0 Å². The van der Waals surface area contributed by atoms with Crippen LogP contribution in [0.2, 0.25) is 0 Å². The molecule has 1 unspecified atom stereocenters. The van der Waals surface area contributed by atoms with E-state index in [9.17, 15) is 0 Å². The van der Waals surface area contributed by atoms with E-state index in [2.05, 4.69) is 22.1 Å². The summed E-state index contributed by atoms with van der Waals surface area (Å²) in [6, 6.07) is 0. The Bertz CT molecular complexity index is 466. The van der Waals surface area contributed by atoms with E-state index in [-0.39, 0.29) is 0 Å². The largest absolute Gasteiger partial charge is 0.356 e. The van der Waals surface area contributed by atoms with Crippen LogP contribution in [0, 0.1) is 12.3 Å². The fraction of sp³-hybridized carbons (Fsp3) is 0.750. The van der Waals surface area contributed by atoms with Crippen molar-refractivity contribution in [3.05, 3.63) is 17.6 Å². The molecular weight excluding hydrogens is 248 g/mol. The predicted molar refractivity (Wildman–Crippen MR) is 82.1 cm³/mol. The number of anilines is 1. The molecule has 2 aliphatic heterocycles. The van der Waals surface area contributed by atoms with Crippen LogP contribution in [0.25, 0.3) is 0 Å². The van der Waals surface area contributed by atoms with E-state index < -0.39 is 0 Å². The van der Waals surface area contributed by atoms with Crippen LogP contribution < -0.4 is 10.2 Å². The molecule has 0 saturated carbocycles. The number of hydrogen-bond donors (Lipinski definition) is 1. The minimum absolute atomic E-state index is 0.487. The highest BCUT2D eigenvalue weighted by Gasteiger charge is 2.38. The van der Waals surface area contributed by atoms with Crippen molar-refractivity contribution >= 4 is 5.82 Å². The van der Waals surface area contributed by atoms with Crippen LogP contribution in [0.15, 0.2) is 6.20 Å². The quantitative estimate of drug-likeness (QED) is 0.918. The number of nitrogens with zero attached hydrogens (tertiary/aromatic N) is 3. The van der Waals surface area contributed by atoms with Crippen LogP contribution in [-0.2, 0) is 6.42 Å². The maximum Gasteiger partial charge on any atom is 0.135 e. The monoisotopic (exact) mass is 274 g/mol. The fourth-order valence-electron chi connectivity index (χ4n) is 3.74. The standard InChI is InChI=1S/C16H26N4/c1-3-5-14-10-18-13(2)19-15(14)20-9-4-6-16(12-20)7-8-17-11-16/h10,17H,3-9,11-12H2,1-2H3. The maximum absolute atomic E-state index is 4.76. The van der Waals surface area contributed by atoms with Gasteiger partial charge in [-0.3, -0.25) is 0 Å². The van der Waals surface area contributed by atoms with Gasteiger partial charge in [-0.05, 0) is 39.2 Å². The second-order valence-electron chi connectivity index (χ2n) is 6.47. The third-order valence-corrected chi connectivity index (χ3v) is 4.77. The lowest BCUT2D eigenvalue weighted by Crippen LogP contribution is -2.45. The number of aromatic nitrogens is 2. The van der Waals surface area contributed by atoms with Crippen molar-refractivity contribution < 1.29 is 0 Å². The summed E-state index contributed by atoms with van der Waals surface area (Å²) in [5.41, 5.74) is 1.81. The van der Waals surface area contributed by atoms with Crippen molar-refractivity contribution in [1.29, 1.82) is 0 Å². The summed E-state index contributed by atoms with van der Waals surface area (Å²) in [7, 11) is 0.